The molecule has 3 aromatic carbocycles. The van der Waals surface area contributed by atoms with E-state index in [1.165, 1.54) is 16.3 Å². The smallest absolute Gasteiger partial charge is 0.146 e. The van der Waals surface area contributed by atoms with Gasteiger partial charge in [0.1, 0.15) is 5.65 Å². The van der Waals surface area contributed by atoms with Gasteiger partial charge in [0.25, 0.3) is 0 Å². The fourth-order valence-electron chi connectivity index (χ4n) is 3.28. The first-order chi connectivity index (χ1) is 10.8. The van der Waals surface area contributed by atoms with E-state index in [4.69, 9.17) is 16.6 Å². The highest BCUT2D eigenvalue weighted by Crippen LogP contribution is 2.33. The zero-order valence-electron chi connectivity index (χ0n) is 11.6. The third-order valence-corrected chi connectivity index (χ3v) is 4.45. The molecule has 22 heavy (non-hydrogen) atoms. The molecular weight excluding hydrogens is 292 g/mol. The largest absolute Gasteiger partial charge is 0.292 e. The van der Waals surface area contributed by atoms with Gasteiger partial charge >= 0.3 is 0 Å². The van der Waals surface area contributed by atoms with E-state index in [9.17, 15) is 0 Å². The Morgan fingerprint density at radius 3 is 2.41 bits per heavy atom. The van der Waals surface area contributed by atoms with Gasteiger partial charge in [0.05, 0.1) is 16.6 Å². The molecule has 0 amide bonds. The summed E-state index contributed by atoms with van der Waals surface area (Å²) in [5.74, 6) is 0. The molecule has 0 unspecified atom stereocenters. The van der Waals surface area contributed by atoms with Crippen molar-refractivity contribution in [3.8, 4) is 0 Å². The van der Waals surface area contributed by atoms with Crippen molar-refractivity contribution in [1.82, 2.24) is 9.38 Å². The average molecular weight is 303 g/mol. The molecule has 2 heterocycles. The van der Waals surface area contributed by atoms with Gasteiger partial charge in [-0.05, 0) is 35.7 Å². The minimum Gasteiger partial charge on any atom is -0.292 e. The maximum atomic E-state index is 6.23. The Balaban J connectivity index is 2.23. The van der Waals surface area contributed by atoms with E-state index in [1.54, 1.807) is 0 Å². The third kappa shape index (κ3) is 1.48. The molecule has 0 spiro atoms. The lowest BCUT2D eigenvalue weighted by molar-refractivity contribution is 1.31. The van der Waals surface area contributed by atoms with Crippen molar-refractivity contribution >= 4 is 50.0 Å². The molecule has 0 fully saturated rings. The fraction of sp³-hybridized carbons (Fsp3) is 0. The monoisotopic (exact) mass is 302 g/mol. The molecule has 0 aliphatic heterocycles. The van der Waals surface area contributed by atoms with Crippen LogP contribution in [0, 0.1) is 0 Å². The Hall–Kier alpha value is -2.58. The summed E-state index contributed by atoms with van der Waals surface area (Å²) < 4.78 is 2.23. The molecule has 0 saturated heterocycles. The Morgan fingerprint density at radius 2 is 1.50 bits per heavy atom. The van der Waals surface area contributed by atoms with Crippen molar-refractivity contribution < 1.29 is 0 Å². The molecule has 0 bridgehead atoms. The lowest BCUT2D eigenvalue weighted by atomic mass is 10.1. The molecule has 5 rings (SSSR count). The van der Waals surface area contributed by atoms with E-state index >= 15 is 0 Å². The first-order valence-corrected chi connectivity index (χ1v) is 7.58. The summed E-state index contributed by atoms with van der Waals surface area (Å²) in [5, 5.41) is 4.21. The van der Waals surface area contributed by atoms with Crippen molar-refractivity contribution in [2.24, 2.45) is 0 Å². The van der Waals surface area contributed by atoms with Crippen molar-refractivity contribution in [2.75, 3.05) is 0 Å². The van der Waals surface area contributed by atoms with E-state index in [1.807, 2.05) is 30.3 Å². The maximum absolute atomic E-state index is 6.23. The zero-order valence-corrected chi connectivity index (χ0v) is 12.4. The molecule has 0 radical (unpaired) electrons. The second-order valence-corrected chi connectivity index (χ2v) is 5.90. The molecule has 2 nitrogen and oxygen atoms in total. The van der Waals surface area contributed by atoms with Gasteiger partial charge in [-0.1, -0.05) is 48.0 Å². The van der Waals surface area contributed by atoms with Crippen LogP contribution in [0.1, 0.15) is 0 Å². The Morgan fingerprint density at radius 1 is 0.727 bits per heavy atom. The van der Waals surface area contributed by atoms with Crippen LogP contribution in [0.25, 0.3) is 38.4 Å². The number of pyridine rings is 1. The van der Waals surface area contributed by atoms with Gasteiger partial charge < -0.3 is 0 Å². The topological polar surface area (TPSA) is 17.3 Å². The summed E-state index contributed by atoms with van der Waals surface area (Å²) in [6, 6.07) is 22.7. The molecule has 0 aliphatic carbocycles. The minimum atomic E-state index is 0.733. The number of benzene rings is 3. The number of hydrogen-bond donors (Lipinski definition) is 0. The maximum Gasteiger partial charge on any atom is 0.146 e. The summed E-state index contributed by atoms with van der Waals surface area (Å²) in [7, 11) is 0. The summed E-state index contributed by atoms with van der Waals surface area (Å²) >= 11 is 6.23. The summed E-state index contributed by atoms with van der Waals surface area (Å²) in [5.41, 5.74) is 4.24. The quantitative estimate of drug-likeness (QED) is 0.348. The van der Waals surface area contributed by atoms with E-state index in [-0.39, 0.29) is 0 Å². The molecule has 3 heteroatoms. The number of nitrogens with zero attached hydrogens (tertiary/aromatic N) is 2. The molecule has 0 saturated carbocycles. The van der Waals surface area contributed by atoms with Crippen molar-refractivity contribution in [1.29, 1.82) is 0 Å². The second-order valence-electron chi connectivity index (χ2n) is 5.47. The van der Waals surface area contributed by atoms with Gasteiger partial charge in [0.15, 0.2) is 0 Å². The second kappa shape index (κ2) is 4.21. The van der Waals surface area contributed by atoms with Gasteiger partial charge in [-0.2, -0.15) is 0 Å². The fourth-order valence-corrected chi connectivity index (χ4v) is 3.46. The first-order valence-electron chi connectivity index (χ1n) is 7.20. The normalized spacial score (nSPS) is 11.9. The van der Waals surface area contributed by atoms with Gasteiger partial charge in [0.2, 0.25) is 0 Å². The Labute approximate surface area is 131 Å². The van der Waals surface area contributed by atoms with E-state index < -0.39 is 0 Å². The van der Waals surface area contributed by atoms with Crippen molar-refractivity contribution in [2.45, 2.75) is 0 Å². The van der Waals surface area contributed by atoms with Crippen molar-refractivity contribution in [3.05, 3.63) is 71.8 Å². The molecule has 104 valence electrons. The predicted molar refractivity (Wildman–Crippen MR) is 92.7 cm³/mol. The Bertz CT molecular complexity index is 1190. The third-order valence-electron chi connectivity index (χ3n) is 4.22. The standard InChI is InChI=1S/C19H11ClN2/c20-12-9-10-13-14-5-1-3-7-17(14)22-18-8-4-2-6-16(18)21-19(22)15(13)11-12/h1-11H. The van der Waals surface area contributed by atoms with Gasteiger partial charge in [0, 0.05) is 15.8 Å². The van der Waals surface area contributed by atoms with E-state index in [0.717, 1.165) is 27.1 Å². The van der Waals surface area contributed by atoms with Crippen LogP contribution < -0.4 is 0 Å². The predicted octanol–water partition coefficient (Wildman–Crippen LogP) is 5.45. The number of imidazole rings is 1. The van der Waals surface area contributed by atoms with Gasteiger partial charge in [-0.3, -0.25) is 4.40 Å². The number of hydrogen-bond acceptors (Lipinski definition) is 1. The van der Waals surface area contributed by atoms with Gasteiger partial charge in [-0.15, -0.1) is 0 Å². The highest BCUT2D eigenvalue weighted by atomic mass is 35.5. The highest BCUT2D eigenvalue weighted by molar-refractivity contribution is 6.32. The van der Waals surface area contributed by atoms with E-state index in [2.05, 4.69) is 40.8 Å². The van der Waals surface area contributed by atoms with Crippen LogP contribution in [0.5, 0.6) is 0 Å². The van der Waals surface area contributed by atoms with Crippen LogP contribution in [0.2, 0.25) is 5.02 Å². The number of aromatic nitrogens is 2. The lowest BCUT2D eigenvalue weighted by Gasteiger charge is -2.09. The molecule has 5 aromatic rings. The lowest BCUT2D eigenvalue weighted by Crippen LogP contribution is -1.91. The Kier molecular flexibility index (Phi) is 2.30. The molecule has 0 aliphatic rings. The SMILES string of the molecule is Clc1ccc2c3ccccc3n3c4ccccc4nc3c2c1. The van der Waals surface area contributed by atoms with Crippen LogP contribution >= 0.6 is 11.6 Å². The summed E-state index contributed by atoms with van der Waals surface area (Å²) in [6.07, 6.45) is 0. The van der Waals surface area contributed by atoms with E-state index in [0.29, 0.717) is 0 Å². The van der Waals surface area contributed by atoms with Crippen LogP contribution in [0.15, 0.2) is 66.7 Å². The van der Waals surface area contributed by atoms with Crippen LogP contribution in [0.3, 0.4) is 0 Å². The minimum absolute atomic E-state index is 0.733. The van der Waals surface area contributed by atoms with Crippen LogP contribution in [-0.2, 0) is 0 Å². The van der Waals surface area contributed by atoms with Crippen LogP contribution in [0.4, 0.5) is 0 Å². The number of para-hydroxylation sites is 3. The molecule has 0 N–H and O–H groups in total. The first kappa shape index (κ1) is 12.0. The summed E-state index contributed by atoms with van der Waals surface area (Å²) in [6.45, 7) is 0. The van der Waals surface area contributed by atoms with Crippen molar-refractivity contribution in [3.63, 3.8) is 0 Å². The zero-order chi connectivity index (χ0) is 14.7. The highest BCUT2D eigenvalue weighted by Gasteiger charge is 2.13. The number of fused-ring (bicyclic) bond motifs is 8. The molecule has 0 atom stereocenters. The average Bonchev–Trinajstić information content (AvgIpc) is 2.95. The summed E-state index contributed by atoms with van der Waals surface area (Å²) in [4.78, 5) is 4.84. The van der Waals surface area contributed by atoms with Crippen LogP contribution in [-0.4, -0.2) is 9.38 Å². The van der Waals surface area contributed by atoms with Gasteiger partial charge in [-0.25, -0.2) is 4.98 Å². The number of halogens is 1. The molecule has 2 aromatic heterocycles. The molecular formula is C19H11ClN2. The number of rotatable bonds is 0.